The Morgan fingerprint density at radius 1 is 1.38 bits per heavy atom. The number of nitrogens with one attached hydrogen (secondary N) is 1. The molecule has 112 valence electrons. The van der Waals surface area contributed by atoms with Crippen molar-refractivity contribution in [2.45, 2.75) is 19.4 Å². The standard InChI is InChI=1S/C16H21N3O2/c20-16(21)13-4-8-19(9-5-13)11-12-2-1-3-14(10-12)15-17-6-7-18-15/h1-3,10,13H,4-9,11H2,(H,17,18)(H,20,21). The lowest BCUT2D eigenvalue weighted by molar-refractivity contribution is -0.143. The molecule has 0 unspecified atom stereocenters. The number of nitrogens with zero attached hydrogens (tertiary/aromatic N) is 2. The van der Waals surface area contributed by atoms with Gasteiger partial charge < -0.3 is 10.4 Å². The molecule has 0 aromatic heterocycles. The fraction of sp³-hybridized carbons (Fsp3) is 0.500. The fourth-order valence-corrected chi connectivity index (χ4v) is 3.00. The number of benzene rings is 1. The molecule has 1 saturated heterocycles. The summed E-state index contributed by atoms with van der Waals surface area (Å²) in [5.41, 5.74) is 2.41. The van der Waals surface area contributed by atoms with E-state index in [1.807, 2.05) is 0 Å². The number of carboxylic acid groups (broad SMARTS) is 1. The van der Waals surface area contributed by atoms with Crippen molar-refractivity contribution in [1.29, 1.82) is 0 Å². The van der Waals surface area contributed by atoms with Gasteiger partial charge in [-0.25, -0.2) is 0 Å². The van der Waals surface area contributed by atoms with E-state index in [0.717, 1.165) is 57.0 Å². The van der Waals surface area contributed by atoms with Crippen LogP contribution in [0.1, 0.15) is 24.0 Å². The summed E-state index contributed by atoms with van der Waals surface area (Å²) in [4.78, 5) is 17.8. The molecule has 5 heteroatoms. The summed E-state index contributed by atoms with van der Waals surface area (Å²) in [5.74, 6) is 0.174. The average Bonchev–Trinajstić information content (AvgIpc) is 3.02. The van der Waals surface area contributed by atoms with Gasteiger partial charge in [0.15, 0.2) is 0 Å². The van der Waals surface area contributed by atoms with E-state index in [1.54, 1.807) is 0 Å². The van der Waals surface area contributed by atoms with Gasteiger partial charge in [-0.15, -0.1) is 0 Å². The number of piperidine rings is 1. The lowest BCUT2D eigenvalue weighted by Gasteiger charge is -2.30. The van der Waals surface area contributed by atoms with Gasteiger partial charge in [0, 0.05) is 18.7 Å². The van der Waals surface area contributed by atoms with Gasteiger partial charge in [-0.1, -0.05) is 18.2 Å². The third kappa shape index (κ3) is 3.42. The number of carboxylic acids is 1. The Hall–Kier alpha value is -1.88. The third-order valence-corrected chi connectivity index (χ3v) is 4.22. The van der Waals surface area contributed by atoms with Crippen molar-refractivity contribution < 1.29 is 9.90 Å². The molecule has 2 heterocycles. The maximum absolute atomic E-state index is 11.0. The molecule has 2 aliphatic heterocycles. The van der Waals surface area contributed by atoms with Crippen molar-refractivity contribution >= 4 is 11.8 Å². The number of carbonyl (C=O) groups is 1. The quantitative estimate of drug-likeness (QED) is 0.877. The van der Waals surface area contributed by atoms with Crippen molar-refractivity contribution in [1.82, 2.24) is 10.2 Å². The molecule has 3 rings (SSSR count). The van der Waals surface area contributed by atoms with Gasteiger partial charge in [0.1, 0.15) is 5.84 Å². The Morgan fingerprint density at radius 3 is 2.86 bits per heavy atom. The first kappa shape index (κ1) is 14.1. The second-order valence-corrected chi connectivity index (χ2v) is 5.75. The molecule has 21 heavy (non-hydrogen) atoms. The highest BCUT2D eigenvalue weighted by molar-refractivity contribution is 5.99. The molecule has 2 aliphatic rings. The maximum Gasteiger partial charge on any atom is 0.306 e. The van der Waals surface area contributed by atoms with Crippen LogP contribution < -0.4 is 5.32 Å². The van der Waals surface area contributed by atoms with E-state index in [4.69, 9.17) is 5.11 Å². The molecule has 0 spiro atoms. The van der Waals surface area contributed by atoms with Gasteiger partial charge in [-0.2, -0.15) is 0 Å². The Morgan fingerprint density at radius 2 is 2.19 bits per heavy atom. The van der Waals surface area contributed by atoms with Crippen LogP contribution in [-0.2, 0) is 11.3 Å². The minimum Gasteiger partial charge on any atom is -0.481 e. The van der Waals surface area contributed by atoms with Gasteiger partial charge in [0.2, 0.25) is 0 Å². The SMILES string of the molecule is O=C(O)C1CCN(Cc2cccc(C3=NCCN3)c2)CC1. The highest BCUT2D eigenvalue weighted by Gasteiger charge is 2.24. The van der Waals surface area contributed by atoms with E-state index < -0.39 is 5.97 Å². The summed E-state index contributed by atoms with van der Waals surface area (Å²) < 4.78 is 0. The monoisotopic (exact) mass is 287 g/mol. The van der Waals surface area contributed by atoms with Crippen LogP contribution in [0.4, 0.5) is 0 Å². The molecular weight excluding hydrogens is 266 g/mol. The number of hydrogen-bond donors (Lipinski definition) is 2. The summed E-state index contributed by atoms with van der Waals surface area (Å²) in [5, 5.41) is 12.3. The van der Waals surface area contributed by atoms with Crippen LogP contribution in [0.25, 0.3) is 0 Å². The number of aliphatic imine (C=N–C) groups is 1. The Balaban J connectivity index is 1.61. The molecule has 0 atom stereocenters. The zero-order valence-electron chi connectivity index (χ0n) is 12.1. The minimum atomic E-state index is -0.651. The summed E-state index contributed by atoms with van der Waals surface area (Å²) in [7, 11) is 0. The van der Waals surface area contributed by atoms with E-state index in [1.165, 1.54) is 5.56 Å². The van der Waals surface area contributed by atoms with Crippen molar-refractivity contribution in [3.05, 3.63) is 35.4 Å². The molecule has 5 nitrogen and oxygen atoms in total. The molecule has 0 amide bonds. The largest absolute Gasteiger partial charge is 0.481 e. The topological polar surface area (TPSA) is 64.9 Å². The maximum atomic E-state index is 11.0. The molecule has 0 saturated carbocycles. The second-order valence-electron chi connectivity index (χ2n) is 5.75. The van der Waals surface area contributed by atoms with Crippen LogP contribution in [0.5, 0.6) is 0 Å². The number of likely N-dealkylation sites (tertiary alicyclic amines) is 1. The lowest BCUT2D eigenvalue weighted by atomic mass is 9.96. The van der Waals surface area contributed by atoms with Crippen molar-refractivity contribution in [2.24, 2.45) is 10.9 Å². The molecule has 0 radical (unpaired) electrons. The summed E-state index contributed by atoms with van der Waals surface area (Å²) in [6.07, 6.45) is 1.51. The highest BCUT2D eigenvalue weighted by atomic mass is 16.4. The van der Waals surface area contributed by atoms with Gasteiger partial charge in [-0.3, -0.25) is 14.7 Å². The zero-order chi connectivity index (χ0) is 14.7. The van der Waals surface area contributed by atoms with Crippen LogP contribution in [-0.4, -0.2) is 48.0 Å². The predicted octanol–water partition coefficient (Wildman–Crippen LogP) is 1.33. The van der Waals surface area contributed by atoms with Gasteiger partial charge in [0.05, 0.1) is 12.5 Å². The molecule has 2 N–H and O–H groups in total. The van der Waals surface area contributed by atoms with Gasteiger partial charge in [0.25, 0.3) is 0 Å². The zero-order valence-corrected chi connectivity index (χ0v) is 12.1. The minimum absolute atomic E-state index is 0.162. The molecule has 1 aromatic carbocycles. The molecular formula is C16H21N3O2. The Kier molecular flexibility index (Phi) is 4.20. The first-order chi connectivity index (χ1) is 10.2. The van der Waals surface area contributed by atoms with Crippen molar-refractivity contribution in [2.75, 3.05) is 26.2 Å². The second kappa shape index (κ2) is 6.26. The number of aliphatic carboxylic acids is 1. The average molecular weight is 287 g/mol. The Bertz CT molecular complexity index is 548. The van der Waals surface area contributed by atoms with Gasteiger partial charge >= 0.3 is 5.97 Å². The smallest absolute Gasteiger partial charge is 0.306 e. The summed E-state index contributed by atoms with van der Waals surface area (Å²) in [6, 6.07) is 8.46. The number of rotatable bonds is 4. The van der Waals surface area contributed by atoms with E-state index in [-0.39, 0.29) is 5.92 Å². The van der Waals surface area contributed by atoms with E-state index in [9.17, 15) is 4.79 Å². The normalized spacial score (nSPS) is 20.1. The number of hydrogen-bond acceptors (Lipinski definition) is 4. The lowest BCUT2D eigenvalue weighted by Crippen LogP contribution is -2.35. The molecule has 0 aliphatic carbocycles. The summed E-state index contributed by atoms with van der Waals surface area (Å²) >= 11 is 0. The Labute approximate surface area is 124 Å². The first-order valence-electron chi connectivity index (χ1n) is 7.55. The van der Waals surface area contributed by atoms with Crippen LogP contribution in [0.3, 0.4) is 0 Å². The molecule has 1 fully saturated rings. The summed E-state index contributed by atoms with van der Waals surface area (Å²) in [6.45, 7) is 4.37. The number of amidine groups is 1. The predicted molar refractivity (Wildman–Crippen MR) is 81.5 cm³/mol. The third-order valence-electron chi connectivity index (χ3n) is 4.22. The van der Waals surface area contributed by atoms with E-state index >= 15 is 0 Å². The molecule has 0 bridgehead atoms. The highest BCUT2D eigenvalue weighted by Crippen LogP contribution is 2.19. The fourth-order valence-electron chi connectivity index (χ4n) is 3.00. The molecule has 1 aromatic rings. The van der Waals surface area contributed by atoms with E-state index in [0.29, 0.717) is 0 Å². The van der Waals surface area contributed by atoms with Crippen LogP contribution in [0, 0.1) is 5.92 Å². The van der Waals surface area contributed by atoms with Crippen LogP contribution in [0.2, 0.25) is 0 Å². The van der Waals surface area contributed by atoms with Crippen molar-refractivity contribution in [3.63, 3.8) is 0 Å². The first-order valence-corrected chi connectivity index (χ1v) is 7.55. The van der Waals surface area contributed by atoms with E-state index in [2.05, 4.69) is 39.5 Å². The van der Waals surface area contributed by atoms with Crippen LogP contribution in [0.15, 0.2) is 29.3 Å². The van der Waals surface area contributed by atoms with Gasteiger partial charge in [-0.05, 0) is 37.6 Å². The van der Waals surface area contributed by atoms with Crippen LogP contribution >= 0.6 is 0 Å². The van der Waals surface area contributed by atoms with Crippen molar-refractivity contribution in [3.8, 4) is 0 Å².